The summed E-state index contributed by atoms with van der Waals surface area (Å²) in [5.41, 5.74) is -0.654. The van der Waals surface area contributed by atoms with Gasteiger partial charge in [0.05, 0.1) is 6.10 Å². The van der Waals surface area contributed by atoms with E-state index in [-0.39, 0.29) is 6.10 Å². The van der Waals surface area contributed by atoms with Crippen LogP contribution in [-0.2, 0) is 9.53 Å². The van der Waals surface area contributed by atoms with Crippen LogP contribution in [0.15, 0.2) is 0 Å². The maximum atomic E-state index is 11.8. The smallest absolute Gasteiger partial charge is 0.324 e. The van der Waals surface area contributed by atoms with Crippen molar-refractivity contribution in [2.45, 2.75) is 63.5 Å². The number of rotatable bonds is 4. The Labute approximate surface area is 109 Å². The Hall–Kier alpha value is -0.610. The van der Waals surface area contributed by atoms with Crippen molar-refractivity contribution in [3.63, 3.8) is 0 Å². The highest BCUT2D eigenvalue weighted by Crippen LogP contribution is 2.34. The lowest BCUT2D eigenvalue weighted by atomic mass is 9.82. The quantitative estimate of drug-likeness (QED) is 0.837. The molecule has 0 aromatic carbocycles. The van der Waals surface area contributed by atoms with Crippen molar-refractivity contribution in [1.29, 1.82) is 0 Å². The van der Waals surface area contributed by atoms with E-state index in [9.17, 15) is 9.90 Å². The maximum Gasteiger partial charge on any atom is 0.324 e. The number of hydrogen-bond acceptors (Lipinski definition) is 3. The van der Waals surface area contributed by atoms with Crippen molar-refractivity contribution < 1.29 is 14.6 Å². The molecule has 0 saturated carbocycles. The molecule has 104 valence electrons. The van der Waals surface area contributed by atoms with Gasteiger partial charge in [-0.15, -0.1) is 0 Å². The third-order valence-electron chi connectivity index (χ3n) is 4.40. The molecule has 1 N–H and O–H groups in total. The van der Waals surface area contributed by atoms with Gasteiger partial charge in [-0.1, -0.05) is 19.8 Å². The number of nitrogens with zero attached hydrogens (tertiary/aromatic N) is 1. The highest BCUT2D eigenvalue weighted by molar-refractivity contribution is 5.79. The second kappa shape index (κ2) is 6.02. The first-order valence-corrected chi connectivity index (χ1v) is 7.29. The monoisotopic (exact) mass is 255 g/mol. The highest BCUT2D eigenvalue weighted by atomic mass is 16.5. The number of ether oxygens (including phenoxy) is 1. The van der Waals surface area contributed by atoms with E-state index in [4.69, 9.17) is 4.74 Å². The number of carbonyl (C=O) groups is 1. The molecule has 2 fully saturated rings. The van der Waals surface area contributed by atoms with Crippen LogP contribution in [-0.4, -0.2) is 47.3 Å². The van der Waals surface area contributed by atoms with Crippen LogP contribution in [0.1, 0.15) is 51.9 Å². The Bertz CT molecular complexity index is 287. The van der Waals surface area contributed by atoms with Gasteiger partial charge < -0.3 is 9.84 Å². The second-order valence-electron chi connectivity index (χ2n) is 5.62. The molecule has 18 heavy (non-hydrogen) atoms. The number of hydrogen-bond donors (Lipinski definition) is 1. The number of carboxylic acids is 1. The summed E-state index contributed by atoms with van der Waals surface area (Å²) in [6.07, 6.45) is 6.97. The average Bonchev–Trinajstić information content (AvgIpc) is 2.40. The molecule has 0 aromatic heterocycles. The van der Waals surface area contributed by atoms with E-state index >= 15 is 0 Å². The minimum absolute atomic E-state index is 0.127. The molecule has 0 bridgehead atoms. The van der Waals surface area contributed by atoms with Crippen LogP contribution in [0.25, 0.3) is 0 Å². The van der Waals surface area contributed by atoms with Gasteiger partial charge in [0, 0.05) is 13.0 Å². The topological polar surface area (TPSA) is 49.8 Å². The summed E-state index contributed by atoms with van der Waals surface area (Å²) in [6.45, 7) is 4.59. The molecule has 2 rings (SSSR count). The summed E-state index contributed by atoms with van der Waals surface area (Å²) in [7, 11) is 0. The molecule has 2 heterocycles. The van der Waals surface area contributed by atoms with Gasteiger partial charge in [0.25, 0.3) is 0 Å². The van der Waals surface area contributed by atoms with E-state index in [0.29, 0.717) is 19.4 Å². The van der Waals surface area contributed by atoms with E-state index in [1.54, 1.807) is 0 Å². The molecule has 0 amide bonds. The van der Waals surface area contributed by atoms with Gasteiger partial charge in [0.1, 0.15) is 5.54 Å². The molecule has 0 aromatic rings. The molecular weight excluding hydrogens is 230 g/mol. The van der Waals surface area contributed by atoms with Crippen LogP contribution in [0.4, 0.5) is 0 Å². The zero-order valence-electron chi connectivity index (χ0n) is 11.4. The number of carboxylic acid groups (broad SMARTS) is 1. The Morgan fingerprint density at radius 1 is 1.39 bits per heavy atom. The van der Waals surface area contributed by atoms with E-state index < -0.39 is 11.5 Å². The molecule has 2 saturated heterocycles. The van der Waals surface area contributed by atoms with E-state index in [0.717, 1.165) is 38.8 Å². The Kier molecular flexibility index (Phi) is 4.62. The largest absolute Gasteiger partial charge is 0.480 e. The van der Waals surface area contributed by atoms with Gasteiger partial charge in [-0.25, -0.2) is 0 Å². The first kappa shape index (κ1) is 13.8. The first-order chi connectivity index (χ1) is 8.69. The highest BCUT2D eigenvalue weighted by Gasteiger charge is 2.48. The first-order valence-electron chi connectivity index (χ1n) is 7.29. The van der Waals surface area contributed by atoms with E-state index in [1.165, 1.54) is 6.42 Å². The van der Waals surface area contributed by atoms with Crippen molar-refractivity contribution >= 4 is 5.97 Å². The van der Waals surface area contributed by atoms with Crippen LogP contribution in [0, 0.1) is 0 Å². The normalized spacial score (nSPS) is 34.4. The van der Waals surface area contributed by atoms with E-state index in [2.05, 4.69) is 11.8 Å². The van der Waals surface area contributed by atoms with Gasteiger partial charge in [0.2, 0.25) is 0 Å². The number of likely N-dealkylation sites (tertiary alicyclic amines) is 1. The molecule has 4 nitrogen and oxygen atoms in total. The number of piperidine rings is 1. The lowest BCUT2D eigenvalue weighted by Crippen LogP contribution is -2.60. The third kappa shape index (κ3) is 2.69. The molecule has 0 radical (unpaired) electrons. The predicted molar refractivity (Wildman–Crippen MR) is 69.7 cm³/mol. The Morgan fingerprint density at radius 2 is 2.11 bits per heavy atom. The van der Waals surface area contributed by atoms with Crippen LogP contribution in [0.3, 0.4) is 0 Å². The van der Waals surface area contributed by atoms with Crippen molar-refractivity contribution in [3.8, 4) is 0 Å². The molecular formula is C14H25NO3. The molecule has 0 aliphatic carbocycles. The summed E-state index contributed by atoms with van der Waals surface area (Å²) in [4.78, 5) is 14.0. The van der Waals surface area contributed by atoms with Crippen molar-refractivity contribution in [2.75, 3.05) is 19.7 Å². The van der Waals surface area contributed by atoms with Gasteiger partial charge in [-0.2, -0.15) is 0 Å². The summed E-state index contributed by atoms with van der Waals surface area (Å²) in [5, 5.41) is 9.73. The lowest BCUT2D eigenvalue weighted by Gasteiger charge is -2.47. The average molecular weight is 255 g/mol. The Balaban J connectivity index is 2.12. The fourth-order valence-electron chi connectivity index (χ4n) is 3.38. The predicted octanol–water partition coefficient (Wildman–Crippen LogP) is 2.27. The fourth-order valence-corrected chi connectivity index (χ4v) is 3.38. The van der Waals surface area contributed by atoms with Gasteiger partial charge in [0.15, 0.2) is 0 Å². The number of aliphatic carboxylic acids is 1. The zero-order chi connectivity index (χ0) is 13.0. The van der Waals surface area contributed by atoms with Crippen molar-refractivity contribution in [1.82, 2.24) is 4.90 Å². The molecule has 2 aliphatic heterocycles. The van der Waals surface area contributed by atoms with Crippen LogP contribution < -0.4 is 0 Å². The van der Waals surface area contributed by atoms with E-state index in [1.807, 2.05) is 0 Å². The summed E-state index contributed by atoms with van der Waals surface area (Å²) < 4.78 is 5.72. The summed E-state index contributed by atoms with van der Waals surface area (Å²) in [5.74, 6) is -0.645. The van der Waals surface area contributed by atoms with Crippen molar-refractivity contribution in [3.05, 3.63) is 0 Å². The van der Waals surface area contributed by atoms with Crippen LogP contribution >= 0.6 is 0 Å². The molecule has 4 heteroatoms. The van der Waals surface area contributed by atoms with Crippen molar-refractivity contribution in [2.24, 2.45) is 0 Å². The molecule has 2 atom stereocenters. The maximum absolute atomic E-state index is 11.8. The second-order valence-corrected chi connectivity index (χ2v) is 5.62. The fraction of sp³-hybridized carbons (Fsp3) is 0.929. The molecule has 0 spiro atoms. The summed E-state index contributed by atoms with van der Waals surface area (Å²) >= 11 is 0. The molecule has 2 unspecified atom stereocenters. The minimum atomic E-state index is -0.654. The minimum Gasteiger partial charge on any atom is -0.480 e. The zero-order valence-corrected chi connectivity index (χ0v) is 11.4. The van der Waals surface area contributed by atoms with Gasteiger partial charge >= 0.3 is 5.97 Å². The standard InChI is InChI=1S/C14H25NO3/c1-2-6-12-11-14(13(16)17,7-10-18-12)15-8-4-3-5-9-15/h12H,2-11H2,1H3,(H,16,17). The summed E-state index contributed by atoms with van der Waals surface area (Å²) in [6, 6.07) is 0. The van der Waals surface area contributed by atoms with Crippen LogP contribution in [0.5, 0.6) is 0 Å². The lowest BCUT2D eigenvalue weighted by molar-refractivity contribution is -0.165. The molecule has 2 aliphatic rings. The SMILES string of the molecule is CCCC1CC(C(=O)O)(N2CCCCC2)CCO1. The Morgan fingerprint density at radius 3 is 2.72 bits per heavy atom. The third-order valence-corrected chi connectivity index (χ3v) is 4.40. The van der Waals surface area contributed by atoms with Gasteiger partial charge in [-0.3, -0.25) is 9.69 Å². The van der Waals surface area contributed by atoms with Gasteiger partial charge in [-0.05, 0) is 38.8 Å². The van der Waals surface area contributed by atoms with Crippen LogP contribution in [0.2, 0.25) is 0 Å².